The number of carbonyl (C=O) groups excluding carboxylic acids is 1. The number of amides is 1. The van der Waals surface area contributed by atoms with Gasteiger partial charge in [0, 0.05) is 17.5 Å². The van der Waals surface area contributed by atoms with Gasteiger partial charge in [0.15, 0.2) is 0 Å². The first kappa shape index (κ1) is 10.9. The van der Waals surface area contributed by atoms with Crippen molar-refractivity contribution in [1.82, 2.24) is 0 Å². The second-order valence-electron chi connectivity index (χ2n) is 3.25. The number of nitrogens with one attached hydrogen (secondary N) is 2. The Labute approximate surface area is 93.9 Å². The lowest BCUT2D eigenvalue weighted by Gasteiger charge is -2.56. The van der Waals surface area contributed by atoms with Gasteiger partial charge in [0.2, 0.25) is 5.91 Å². The Morgan fingerprint density at radius 2 is 2.25 bits per heavy atom. The molecule has 1 aromatic carbocycles. The SMILES string of the molecule is CC(=O)Nc1ccc2c(c1)S([O-])([O-])N=CN2. The van der Waals surface area contributed by atoms with Crippen molar-refractivity contribution in [3.05, 3.63) is 18.2 Å². The first-order chi connectivity index (χ1) is 7.49. The van der Waals surface area contributed by atoms with Crippen LogP contribution in [0.5, 0.6) is 0 Å². The molecule has 1 heterocycles. The van der Waals surface area contributed by atoms with Crippen LogP contribution in [0.1, 0.15) is 6.92 Å². The maximum absolute atomic E-state index is 11.6. The second-order valence-corrected chi connectivity index (χ2v) is 4.85. The molecule has 0 aromatic heterocycles. The summed E-state index contributed by atoms with van der Waals surface area (Å²) in [4.78, 5) is 10.9. The van der Waals surface area contributed by atoms with Gasteiger partial charge in [0.05, 0.1) is 5.69 Å². The van der Waals surface area contributed by atoms with E-state index in [1.54, 1.807) is 12.1 Å². The van der Waals surface area contributed by atoms with Crippen LogP contribution < -0.4 is 10.6 Å². The van der Waals surface area contributed by atoms with E-state index < -0.39 is 10.8 Å². The topological polar surface area (TPSA) is 99.6 Å². The predicted molar refractivity (Wildman–Crippen MR) is 60.3 cm³/mol. The Hall–Kier alpha value is -1.57. The molecule has 0 saturated heterocycles. The highest BCUT2D eigenvalue weighted by molar-refractivity contribution is 8.23. The van der Waals surface area contributed by atoms with Gasteiger partial charge in [-0.3, -0.25) is 4.79 Å². The Morgan fingerprint density at radius 1 is 1.50 bits per heavy atom. The fourth-order valence-electron chi connectivity index (χ4n) is 1.36. The van der Waals surface area contributed by atoms with Crippen molar-refractivity contribution in [3.8, 4) is 0 Å². The van der Waals surface area contributed by atoms with Gasteiger partial charge in [-0.15, -0.1) is 0 Å². The lowest BCUT2D eigenvalue weighted by atomic mass is 10.2. The standard InChI is InChI=1S/C9H11N3O3S/c1-6(13)12-7-2-3-8-9(4-7)16(14,15)11-5-10-8/h2-5,14-15H,1H3,(H,10,11)(H,12,13)/p-2. The molecule has 0 atom stereocenters. The molecule has 0 saturated carbocycles. The Morgan fingerprint density at radius 3 is 2.94 bits per heavy atom. The number of hydrogen-bond acceptors (Lipinski definition) is 5. The van der Waals surface area contributed by atoms with Gasteiger partial charge in [0.25, 0.3) is 0 Å². The van der Waals surface area contributed by atoms with E-state index in [1.807, 2.05) is 0 Å². The molecule has 0 spiro atoms. The van der Waals surface area contributed by atoms with Gasteiger partial charge in [-0.25, -0.2) is 4.40 Å². The molecule has 2 rings (SSSR count). The fourth-order valence-corrected chi connectivity index (χ4v) is 2.34. The van der Waals surface area contributed by atoms with Crippen LogP contribution in [0.25, 0.3) is 0 Å². The van der Waals surface area contributed by atoms with E-state index in [2.05, 4.69) is 15.0 Å². The van der Waals surface area contributed by atoms with Gasteiger partial charge >= 0.3 is 0 Å². The third-order valence-electron chi connectivity index (χ3n) is 1.99. The number of nitrogens with zero attached hydrogens (tertiary/aromatic N) is 1. The van der Waals surface area contributed by atoms with Crippen molar-refractivity contribution in [1.29, 1.82) is 0 Å². The van der Waals surface area contributed by atoms with Crippen LogP contribution in [-0.4, -0.2) is 21.4 Å². The van der Waals surface area contributed by atoms with E-state index in [0.717, 1.165) is 6.34 Å². The number of carbonyl (C=O) groups is 1. The molecular formula is C9H9N3O3S-2. The minimum absolute atomic E-state index is 0.0567. The van der Waals surface area contributed by atoms with Crippen LogP contribution in [0.4, 0.5) is 11.4 Å². The van der Waals surface area contributed by atoms with E-state index >= 15 is 0 Å². The Bertz CT molecular complexity index is 473. The molecule has 6 nitrogen and oxygen atoms in total. The monoisotopic (exact) mass is 239 g/mol. The number of hydrogen-bond donors (Lipinski definition) is 2. The predicted octanol–water partition coefficient (Wildman–Crippen LogP) is 1.44. The van der Waals surface area contributed by atoms with Crippen molar-refractivity contribution < 1.29 is 13.9 Å². The molecule has 0 bridgehead atoms. The molecule has 1 amide bonds. The van der Waals surface area contributed by atoms with Crippen LogP contribution in [0, 0.1) is 0 Å². The van der Waals surface area contributed by atoms with E-state index in [-0.39, 0.29) is 10.8 Å². The molecule has 86 valence electrons. The lowest BCUT2D eigenvalue weighted by molar-refractivity contribution is -0.114. The van der Waals surface area contributed by atoms with Gasteiger partial charge in [-0.2, -0.15) is 0 Å². The van der Waals surface area contributed by atoms with Crippen molar-refractivity contribution in [2.75, 3.05) is 10.6 Å². The molecular weight excluding hydrogens is 230 g/mol. The number of fused-ring (bicyclic) bond motifs is 1. The normalized spacial score (nSPS) is 18.2. The molecule has 2 N–H and O–H groups in total. The van der Waals surface area contributed by atoms with Gasteiger partial charge in [-0.1, -0.05) is 0 Å². The third-order valence-corrected chi connectivity index (χ3v) is 3.27. The highest BCUT2D eigenvalue weighted by Crippen LogP contribution is 2.54. The zero-order chi connectivity index (χ0) is 11.8. The molecule has 7 heteroatoms. The first-order valence-corrected chi connectivity index (χ1v) is 5.90. The van der Waals surface area contributed by atoms with Crippen molar-refractivity contribution in [3.63, 3.8) is 0 Å². The quantitative estimate of drug-likeness (QED) is 0.774. The Balaban J connectivity index is 2.42. The molecule has 0 aliphatic carbocycles. The maximum Gasteiger partial charge on any atom is 0.221 e. The highest BCUT2D eigenvalue weighted by atomic mass is 32.3. The van der Waals surface area contributed by atoms with E-state index in [0.29, 0.717) is 11.4 Å². The summed E-state index contributed by atoms with van der Waals surface area (Å²) >= 11 is 0. The zero-order valence-corrected chi connectivity index (χ0v) is 9.21. The molecule has 1 aliphatic heterocycles. The van der Waals surface area contributed by atoms with Crippen LogP contribution >= 0.6 is 10.8 Å². The summed E-state index contributed by atoms with van der Waals surface area (Å²) in [5.74, 6) is -0.260. The van der Waals surface area contributed by atoms with Crippen molar-refractivity contribution >= 4 is 34.4 Å². The van der Waals surface area contributed by atoms with Gasteiger partial charge < -0.3 is 30.5 Å². The lowest BCUT2D eigenvalue weighted by Crippen LogP contribution is -2.11. The average Bonchev–Trinajstić information content (AvgIpc) is 2.18. The van der Waals surface area contributed by atoms with Crippen molar-refractivity contribution in [2.45, 2.75) is 11.8 Å². The summed E-state index contributed by atoms with van der Waals surface area (Å²) in [6.07, 6.45) is 1.12. The fraction of sp³-hybridized carbons (Fsp3) is 0.111. The van der Waals surface area contributed by atoms with Crippen LogP contribution in [0.15, 0.2) is 27.5 Å². The molecule has 0 fully saturated rings. The average molecular weight is 239 g/mol. The number of sulfonamides is 1. The first-order valence-electron chi connectivity index (χ1n) is 4.46. The minimum Gasteiger partial charge on any atom is -0.778 e. The van der Waals surface area contributed by atoms with E-state index in [4.69, 9.17) is 0 Å². The summed E-state index contributed by atoms with van der Waals surface area (Å²) in [6, 6.07) is 4.56. The second kappa shape index (κ2) is 3.78. The summed E-state index contributed by atoms with van der Waals surface area (Å²) in [7, 11) is -3.64. The largest absolute Gasteiger partial charge is 0.778 e. The molecule has 0 unspecified atom stereocenters. The van der Waals surface area contributed by atoms with E-state index in [9.17, 15) is 13.9 Å². The molecule has 1 aromatic rings. The van der Waals surface area contributed by atoms with Crippen LogP contribution in [0.2, 0.25) is 0 Å². The summed E-state index contributed by atoms with van der Waals surface area (Å²) < 4.78 is 26.5. The molecule has 1 aliphatic rings. The zero-order valence-electron chi connectivity index (χ0n) is 8.39. The van der Waals surface area contributed by atoms with Gasteiger partial charge in [-0.05, 0) is 18.2 Å². The molecule has 0 radical (unpaired) electrons. The summed E-state index contributed by atoms with van der Waals surface area (Å²) in [5, 5.41) is 5.22. The van der Waals surface area contributed by atoms with E-state index in [1.165, 1.54) is 13.0 Å². The number of benzene rings is 1. The van der Waals surface area contributed by atoms with Crippen molar-refractivity contribution in [2.24, 2.45) is 4.40 Å². The van der Waals surface area contributed by atoms with Gasteiger partial charge in [0.1, 0.15) is 6.34 Å². The molecule has 16 heavy (non-hydrogen) atoms. The maximum atomic E-state index is 11.6. The number of rotatable bonds is 1. The van der Waals surface area contributed by atoms with Crippen LogP contribution in [0.3, 0.4) is 0 Å². The third kappa shape index (κ3) is 2.01. The Kier molecular flexibility index (Phi) is 2.58. The minimum atomic E-state index is -3.64. The smallest absolute Gasteiger partial charge is 0.221 e. The number of anilines is 2. The summed E-state index contributed by atoms with van der Waals surface area (Å²) in [6.45, 7) is 1.35. The van der Waals surface area contributed by atoms with Crippen LogP contribution in [-0.2, 0) is 4.79 Å². The summed E-state index contributed by atoms with van der Waals surface area (Å²) in [5.41, 5.74) is 0.873. The highest BCUT2D eigenvalue weighted by Gasteiger charge is 2.10.